The molecule has 2 saturated heterocycles. The highest BCUT2D eigenvalue weighted by molar-refractivity contribution is 5.82. The molecule has 1 amide bonds. The summed E-state index contributed by atoms with van der Waals surface area (Å²) in [5.41, 5.74) is 0. The molecule has 0 unspecified atom stereocenters. The summed E-state index contributed by atoms with van der Waals surface area (Å²) >= 11 is 0. The van der Waals surface area contributed by atoms with Crippen LogP contribution in [0.1, 0.15) is 64.7 Å². The van der Waals surface area contributed by atoms with Crippen molar-refractivity contribution in [2.75, 3.05) is 26.2 Å². The lowest BCUT2D eigenvalue weighted by molar-refractivity contribution is -0.141. The fourth-order valence-corrected chi connectivity index (χ4v) is 4.63. The number of hydrogen-bond donors (Lipinski definition) is 1. The van der Waals surface area contributed by atoms with Crippen molar-refractivity contribution in [1.82, 2.24) is 10.2 Å². The molecule has 1 aliphatic carbocycles. The third kappa shape index (κ3) is 5.04. The SMILES string of the molecule is CCC(=O)C1CCC(C(=O)N2CCC(OC3CCNCC3)CC2)CC1. The minimum Gasteiger partial charge on any atom is -0.375 e. The number of piperidine rings is 2. The summed E-state index contributed by atoms with van der Waals surface area (Å²) in [6.45, 7) is 5.73. The van der Waals surface area contributed by atoms with Crippen molar-refractivity contribution in [3.05, 3.63) is 0 Å². The molecule has 5 nitrogen and oxygen atoms in total. The molecule has 0 spiro atoms. The van der Waals surface area contributed by atoms with E-state index < -0.39 is 0 Å². The number of Topliss-reactive ketones (excluding diaryl/α,β-unsaturated/α-hetero) is 1. The Hall–Kier alpha value is -0.940. The van der Waals surface area contributed by atoms with Gasteiger partial charge in [0.25, 0.3) is 0 Å². The quantitative estimate of drug-likeness (QED) is 0.828. The normalized spacial score (nSPS) is 29.6. The van der Waals surface area contributed by atoms with Gasteiger partial charge in [-0.15, -0.1) is 0 Å². The van der Waals surface area contributed by atoms with Gasteiger partial charge in [-0.3, -0.25) is 9.59 Å². The molecule has 5 heteroatoms. The topological polar surface area (TPSA) is 58.6 Å². The summed E-state index contributed by atoms with van der Waals surface area (Å²) in [7, 11) is 0. The summed E-state index contributed by atoms with van der Waals surface area (Å²) in [5.74, 6) is 1.05. The molecule has 0 bridgehead atoms. The first-order valence-corrected chi connectivity index (χ1v) is 10.3. The second kappa shape index (κ2) is 9.13. The lowest BCUT2D eigenvalue weighted by Gasteiger charge is -2.37. The van der Waals surface area contributed by atoms with Crippen LogP contribution in [0.2, 0.25) is 0 Å². The predicted molar refractivity (Wildman–Crippen MR) is 97.3 cm³/mol. The Morgan fingerprint density at radius 3 is 2.04 bits per heavy atom. The molecule has 142 valence electrons. The second-order valence-electron chi connectivity index (χ2n) is 7.98. The molecular formula is C20H34N2O3. The highest BCUT2D eigenvalue weighted by Crippen LogP contribution is 2.32. The minimum atomic E-state index is 0.141. The van der Waals surface area contributed by atoms with Gasteiger partial charge in [0.05, 0.1) is 12.2 Å². The van der Waals surface area contributed by atoms with E-state index in [4.69, 9.17) is 4.74 Å². The molecule has 25 heavy (non-hydrogen) atoms. The summed E-state index contributed by atoms with van der Waals surface area (Å²) in [6.07, 6.45) is 9.10. The molecule has 2 heterocycles. The van der Waals surface area contributed by atoms with Gasteiger partial charge in [0.15, 0.2) is 0 Å². The fraction of sp³-hybridized carbons (Fsp3) is 0.900. The summed E-state index contributed by atoms with van der Waals surface area (Å²) < 4.78 is 6.24. The first kappa shape index (κ1) is 18.8. The minimum absolute atomic E-state index is 0.141. The molecule has 3 fully saturated rings. The van der Waals surface area contributed by atoms with Crippen LogP contribution < -0.4 is 5.32 Å². The summed E-state index contributed by atoms with van der Waals surface area (Å²) in [5, 5.41) is 3.37. The van der Waals surface area contributed by atoms with Crippen LogP contribution in [0.4, 0.5) is 0 Å². The zero-order valence-corrected chi connectivity index (χ0v) is 15.7. The number of likely N-dealkylation sites (tertiary alicyclic amines) is 1. The number of hydrogen-bond acceptors (Lipinski definition) is 4. The summed E-state index contributed by atoms with van der Waals surface area (Å²) in [6, 6.07) is 0. The average molecular weight is 351 g/mol. The van der Waals surface area contributed by atoms with Crippen LogP contribution in [-0.4, -0.2) is 55.0 Å². The number of nitrogens with one attached hydrogen (secondary N) is 1. The maximum absolute atomic E-state index is 12.8. The van der Waals surface area contributed by atoms with Gasteiger partial charge < -0.3 is 15.0 Å². The van der Waals surface area contributed by atoms with E-state index in [9.17, 15) is 9.59 Å². The molecule has 0 atom stereocenters. The van der Waals surface area contributed by atoms with Crippen LogP contribution >= 0.6 is 0 Å². The van der Waals surface area contributed by atoms with Crippen LogP contribution in [0.15, 0.2) is 0 Å². The van der Waals surface area contributed by atoms with Gasteiger partial charge in [-0.05, 0) is 64.5 Å². The number of nitrogens with zero attached hydrogens (tertiary/aromatic N) is 1. The molecule has 2 aliphatic heterocycles. The Balaban J connectivity index is 1.39. The molecule has 0 aromatic rings. The average Bonchev–Trinajstić information content (AvgIpc) is 2.68. The third-order valence-electron chi connectivity index (χ3n) is 6.30. The van der Waals surface area contributed by atoms with Crippen molar-refractivity contribution in [2.24, 2.45) is 11.8 Å². The van der Waals surface area contributed by atoms with E-state index in [-0.39, 0.29) is 11.8 Å². The second-order valence-corrected chi connectivity index (χ2v) is 7.98. The summed E-state index contributed by atoms with van der Waals surface area (Å²) in [4.78, 5) is 26.7. The molecular weight excluding hydrogens is 316 g/mol. The molecule has 3 aliphatic rings. The first-order valence-electron chi connectivity index (χ1n) is 10.3. The van der Waals surface area contributed by atoms with Crippen molar-refractivity contribution in [3.63, 3.8) is 0 Å². The molecule has 0 radical (unpaired) electrons. The highest BCUT2D eigenvalue weighted by atomic mass is 16.5. The predicted octanol–water partition coefficient (Wildman–Crippen LogP) is 2.53. The third-order valence-corrected chi connectivity index (χ3v) is 6.30. The monoisotopic (exact) mass is 350 g/mol. The van der Waals surface area contributed by atoms with Gasteiger partial charge in [0.1, 0.15) is 5.78 Å². The zero-order chi connectivity index (χ0) is 17.6. The molecule has 1 saturated carbocycles. The van der Waals surface area contributed by atoms with Crippen molar-refractivity contribution >= 4 is 11.7 Å². The van der Waals surface area contributed by atoms with Gasteiger partial charge >= 0.3 is 0 Å². The van der Waals surface area contributed by atoms with Crippen LogP contribution in [0.3, 0.4) is 0 Å². The van der Waals surface area contributed by atoms with E-state index in [1.165, 1.54) is 0 Å². The van der Waals surface area contributed by atoms with Gasteiger partial charge in [0, 0.05) is 31.3 Å². The van der Waals surface area contributed by atoms with Gasteiger partial charge in [-0.25, -0.2) is 0 Å². The molecule has 1 N–H and O–H groups in total. The van der Waals surface area contributed by atoms with Gasteiger partial charge in [-0.1, -0.05) is 6.92 Å². The Labute approximate surface area is 151 Å². The smallest absolute Gasteiger partial charge is 0.225 e. The van der Waals surface area contributed by atoms with Crippen molar-refractivity contribution in [2.45, 2.75) is 76.9 Å². The molecule has 0 aromatic carbocycles. The number of ether oxygens (including phenoxy) is 1. The Kier molecular flexibility index (Phi) is 6.88. The van der Waals surface area contributed by atoms with Crippen molar-refractivity contribution in [1.29, 1.82) is 0 Å². The zero-order valence-electron chi connectivity index (χ0n) is 15.7. The maximum atomic E-state index is 12.8. The van der Waals surface area contributed by atoms with E-state index in [1.54, 1.807) is 0 Å². The Bertz CT molecular complexity index is 446. The highest BCUT2D eigenvalue weighted by Gasteiger charge is 2.33. The van der Waals surface area contributed by atoms with E-state index >= 15 is 0 Å². The molecule has 3 rings (SSSR count). The van der Waals surface area contributed by atoms with Crippen molar-refractivity contribution in [3.8, 4) is 0 Å². The fourth-order valence-electron chi connectivity index (χ4n) is 4.63. The van der Waals surface area contributed by atoms with Crippen LogP contribution in [0.5, 0.6) is 0 Å². The van der Waals surface area contributed by atoms with E-state index in [0.717, 1.165) is 77.5 Å². The first-order chi connectivity index (χ1) is 12.2. The number of rotatable bonds is 5. The van der Waals surface area contributed by atoms with E-state index in [0.29, 0.717) is 30.3 Å². The standard InChI is InChI=1S/C20H34N2O3/c1-2-19(23)15-3-5-16(6-4-15)20(24)22-13-9-18(10-14-22)25-17-7-11-21-12-8-17/h15-18,21H,2-14H2,1H3. The number of amides is 1. The Morgan fingerprint density at radius 2 is 1.44 bits per heavy atom. The number of carbonyl (C=O) groups is 2. The molecule has 0 aromatic heterocycles. The van der Waals surface area contributed by atoms with Gasteiger partial charge in [0.2, 0.25) is 5.91 Å². The maximum Gasteiger partial charge on any atom is 0.225 e. The lowest BCUT2D eigenvalue weighted by atomic mass is 9.79. The Morgan fingerprint density at radius 1 is 0.880 bits per heavy atom. The van der Waals surface area contributed by atoms with Crippen LogP contribution in [-0.2, 0) is 14.3 Å². The van der Waals surface area contributed by atoms with Crippen LogP contribution in [0.25, 0.3) is 0 Å². The lowest BCUT2D eigenvalue weighted by Crippen LogP contribution is -2.45. The van der Waals surface area contributed by atoms with Gasteiger partial charge in [-0.2, -0.15) is 0 Å². The van der Waals surface area contributed by atoms with E-state index in [1.807, 2.05) is 6.92 Å². The number of ketones is 1. The number of carbonyl (C=O) groups excluding carboxylic acids is 2. The largest absolute Gasteiger partial charge is 0.375 e. The van der Waals surface area contributed by atoms with E-state index in [2.05, 4.69) is 10.2 Å². The van der Waals surface area contributed by atoms with Crippen LogP contribution in [0, 0.1) is 11.8 Å². The van der Waals surface area contributed by atoms with Crippen molar-refractivity contribution < 1.29 is 14.3 Å².